The average molecular weight is 414 g/mol. The number of hydrogen-bond donors (Lipinski definition) is 1. The highest BCUT2D eigenvalue weighted by Crippen LogP contribution is 2.34. The molecule has 3 heterocycles. The summed E-state index contributed by atoms with van der Waals surface area (Å²) in [7, 11) is 0. The molecular formula is C22H24FN3O2S. The number of para-hydroxylation sites is 1. The van der Waals surface area contributed by atoms with Crippen LogP contribution in [-0.2, 0) is 6.54 Å². The van der Waals surface area contributed by atoms with Gasteiger partial charge in [-0.25, -0.2) is 4.39 Å². The number of carbonyl (C=O) groups excluding carboxylic acids is 1. The number of thiophene rings is 1. The molecular weight excluding hydrogens is 389 g/mol. The fraction of sp³-hybridized carbons (Fsp3) is 0.318. The number of anilines is 2. The van der Waals surface area contributed by atoms with E-state index < -0.39 is 0 Å². The third-order valence-electron chi connectivity index (χ3n) is 5.43. The molecule has 0 aliphatic carbocycles. The number of benzene rings is 1. The fourth-order valence-corrected chi connectivity index (χ4v) is 4.68. The van der Waals surface area contributed by atoms with Gasteiger partial charge in [0.05, 0.1) is 12.0 Å². The molecule has 5 nitrogen and oxygen atoms in total. The lowest BCUT2D eigenvalue weighted by molar-refractivity contribution is 0.0997. The minimum Gasteiger partial charge on any atom is -0.459 e. The summed E-state index contributed by atoms with van der Waals surface area (Å²) < 4.78 is 19.3. The van der Waals surface area contributed by atoms with Crippen LogP contribution in [0, 0.1) is 19.7 Å². The molecule has 0 saturated carbocycles. The Morgan fingerprint density at radius 3 is 2.59 bits per heavy atom. The van der Waals surface area contributed by atoms with E-state index in [4.69, 9.17) is 4.42 Å². The van der Waals surface area contributed by atoms with Crippen molar-refractivity contribution < 1.29 is 13.6 Å². The van der Waals surface area contributed by atoms with Crippen LogP contribution in [0.3, 0.4) is 0 Å². The first-order chi connectivity index (χ1) is 14.0. The second-order valence-electron chi connectivity index (χ2n) is 7.24. The zero-order chi connectivity index (χ0) is 20.4. The lowest BCUT2D eigenvalue weighted by atomic mass is 10.1. The Balaban J connectivity index is 1.43. The number of nitrogens with zero attached hydrogens (tertiary/aromatic N) is 2. The van der Waals surface area contributed by atoms with Gasteiger partial charge in [-0.05, 0) is 43.7 Å². The number of aryl methyl sites for hydroxylation is 1. The summed E-state index contributed by atoms with van der Waals surface area (Å²) in [5, 5.41) is 3.88. The molecule has 152 valence electrons. The Hall–Kier alpha value is -2.64. The first kappa shape index (κ1) is 19.7. The summed E-state index contributed by atoms with van der Waals surface area (Å²) in [6, 6.07) is 10.3. The molecule has 0 unspecified atom stereocenters. The molecule has 4 rings (SSSR count). The lowest BCUT2D eigenvalue weighted by Crippen LogP contribution is -2.46. The van der Waals surface area contributed by atoms with Crippen molar-refractivity contribution in [1.29, 1.82) is 0 Å². The minimum atomic E-state index is -0.234. The second-order valence-corrected chi connectivity index (χ2v) is 8.46. The number of furan rings is 1. The molecule has 2 aromatic heterocycles. The summed E-state index contributed by atoms with van der Waals surface area (Å²) in [5.41, 5.74) is 3.02. The maximum absolute atomic E-state index is 14.1. The largest absolute Gasteiger partial charge is 0.459 e. The van der Waals surface area contributed by atoms with E-state index in [9.17, 15) is 9.18 Å². The standard InChI is InChI=1S/C22H24FN3O2S/c1-15-16(2)29-22(24-21(27)20-8-5-13-28-20)17(15)14-25-9-11-26(12-10-25)19-7-4-3-6-18(19)23/h3-8,13H,9-12,14H2,1-2H3,(H,24,27). The van der Waals surface area contributed by atoms with E-state index >= 15 is 0 Å². The van der Waals surface area contributed by atoms with Crippen molar-refractivity contribution in [3.05, 3.63) is 70.2 Å². The Kier molecular flexibility index (Phi) is 5.69. The van der Waals surface area contributed by atoms with Crippen molar-refractivity contribution in [3.63, 3.8) is 0 Å². The fourth-order valence-electron chi connectivity index (χ4n) is 3.62. The van der Waals surface area contributed by atoms with E-state index in [2.05, 4.69) is 29.0 Å². The summed E-state index contributed by atoms with van der Waals surface area (Å²) in [6.07, 6.45) is 1.50. The predicted octanol–water partition coefficient (Wildman–Crippen LogP) is 4.67. The molecule has 0 bridgehead atoms. The van der Waals surface area contributed by atoms with Gasteiger partial charge in [-0.1, -0.05) is 12.1 Å². The van der Waals surface area contributed by atoms with Crippen LogP contribution in [0.2, 0.25) is 0 Å². The third-order valence-corrected chi connectivity index (χ3v) is 6.59. The first-order valence-electron chi connectivity index (χ1n) is 9.68. The third kappa shape index (κ3) is 4.21. The lowest BCUT2D eigenvalue weighted by Gasteiger charge is -2.36. The van der Waals surface area contributed by atoms with Gasteiger partial charge in [0.1, 0.15) is 10.8 Å². The Morgan fingerprint density at radius 1 is 1.14 bits per heavy atom. The molecule has 29 heavy (non-hydrogen) atoms. The van der Waals surface area contributed by atoms with Gasteiger partial charge in [-0.2, -0.15) is 0 Å². The molecule has 1 saturated heterocycles. The van der Waals surface area contributed by atoms with Crippen LogP contribution < -0.4 is 10.2 Å². The molecule has 1 fully saturated rings. The molecule has 0 atom stereocenters. The molecule has 1 N–H and O–H groups in total. The van der Waals surface area contributed by atoms with Crippen LogP contribution in [0.5, 0.6) is 0 Å². The second kappa shape index (κ2) is 8.39. The molecule has 1 aliphatic rings. The molecule has 1 aliphatic heterocycles. The number of rotatable bonds is 5. The molecule has 1 aromatic carbocycles. The zero-order valence-corrected chi connectivity index (χ0v) is 17.4. The van der Waals surface area contributed by atoms with E-state index in [1.165, 1.54) is 22.8 Å². The van der Waals surface area contributed by atoms with Gasteiger partial charge in [0.15, 0.2) is 5.76 Å². The smallest absolute Gasteiger partial charge is 0.291 e. The number of piperazine rings is 1. The van der Waals surface area contributed by atoms with Gasteiger partial charge < -0.3 is 14.6 Å². The topological polar surface area (TPSA) is 48.7 Å². The van der Waals surface area contributed by atoms with E-state index in [-0.39, 0.29) is 11.7 Å². The van der Waals surface area contributed by atoms with Crippen LogP contribution in [0.15, 0.2) is 47.1 Å². The van der Waals surface area contributed by atoms with Crippen LogP contribution in [0.4, 0.5) is 15.1 Å². The van der Waals surface area contributed by atoms with Crippen LogP contribution >= 0.6 is 11.3 Å². The summed E-state index contributed by atoms with van der Waals surface area (Å²) >= 11 is 1.59. The minimum absolute atomic E-state index is 0.173. The molecule has 7 heteroatoms. The van der Waals surface area contributed by atoms with Crippen molar-refractivity contribution in [1.82, 2.24) is 4.90 Å². The number of carbonyl (C=O) groups is 1. The van der Waals surface area contributed by atoms with Crippen molar-refractivity contribution in [2.45, 2.75) is 20.4 Å². The van der Waals surface area contributed by atoms with E-state index in [0.717, 1.165) is 43.3 Å². The molecule has 0 radical (unpaired) electrons. The Labute approximate surface area is 173 Å². The van der Waals surface area contributed by atoms with E-state index in [1.807, 2.05) is 12.1 Å². The average Bonchev–Trinajstić information content (AvgIpc) is 3.34. The van der Waals surface area contributed by atoms with Gasteiger partial charge in [0.2, 0.25) is 0 Å². The summed E-state index contributed by atoms with van der Waals surface area (Å²) in [4.78, 5) is 18.1. The van der Waals surface area contributed by atoms with Crippen molar-refractivity contribution in [2.24, 2.45) is 0 Å². The monoisotopic (exact) mass is 413 g/mol. The Morgan fingerprint density at radius 2 is 1.90 bits per heavy atom. The Bertz CT molecular complexity index is 992. The maximum atomic E-state index is 14.1. The number of nitrogens with one attached hydrogen (secondary N) is 1. The van der Waals surface area contributed by atoms with Crippen molar-refractivity contribution in [3.8, 4) is 0 Å². The summed E-state index contributed by atoms with van der Waals surface area (Å²) in [5.74, 6) is -0.104. The predicted molar refractivity (Wildman–Crippen MR) is 114 cm³/mol. The highest BCUT2D eigenvalue weighted by Gasteiger charge is 2.23. The van der Waals surface area contributed by atoms with Gasteiger partial charge in [0, 0.05) is 43.2 Å². The number of amides is 1. The highest BCUT2D eigenvalue weighted by molar-refractivity contribution is 7.16. The maximum Gasteiger partial charge on any atom is 0.291 e. The van der Waals surface area contributed by atoms with Crippen LogP contribution in [0.1, 0.15) is 26.6 Å². The molecule has 3 aromatic rings. The summed E-state index contributed by atoms with van der Waals surface area (Å²) in [6.45, 7) is 8.16. The molecule has 1 amide bonds. The quantitative estimate of drug-likeness (QED) is 0.660. The first-order valence-corrected chi connectivity index (χ1v) is 10.5. The SMILES string of the molecule is Cc1sc(NC(=O)c2ccco2)c(CN2CCN(c3ccccc3F)CC2)c1C. The number of hydrogen-bond acceptors (Lipinski definition) is 5. The highest BCUT2D eigenvalue weighted by atomic mass is 32.1. The van der Waals surface area contributed by atoms with Crippen molar-refractivity contribution in [2.75, 3.05) is 36.4 Å². The van der Waals surface area contributed by atoms with Crippen LogP contribution in [-0.4, -0.2) is 37.0 Å². The zero-order valence-electron chi connectivity index (χ0n) is 16.6. The van der Waals surface area contributed by atoms with Gasteiger partial charge in [0.25, 0.3) is 5.91 Å². The van der Waals surface area contributed by atoms with Gasteiger partial charge >= 0.3 is 0 Å². The van der Waals surface area contributed by atoms with E-state index in [1.54, 1.807) is 29.5 Å². The van der Waals surface area contributed by atoms with Gasteiger partial charge in [-0.3, -0.25) is 9.69 Å². The van der Waals surface area contributed by atoms with E-state index in [0.29, 0.717) is 11.4 Å². The molecule has 0 spiro atoms. The van der Waals surface area contributed by atoms with Gasteiger partial charge in [-0.15, -0.1) is 11.3 Å². The van der Waals surface area contributed by atoms with Crippen molar-refractivity contribution >= 4 is 27.9 Å². The normalized spacial score (nSPS) is 14.9. The van der Waals surface area contributed by atoms with Crippen LogP contribution in [0.25, 0.3) is 0 Å². The number of halogens is 1.